The molecule has 0 aliphatic rings. The molecule has 0 aromatic rings. The summed E-state index contributed by atoms with van der Waals surface area (Å²) in [5.41, 5.74) is 0. The van der Waals surface area contributed by atoms with Gasteiger partial charge in [-0.2, -0.15) is 11.8 Å². The number of carboxylic acids is 2. The van der Waals surface area contributed by atoms with E-state index in [4.69, 9.17) is 10.2 Å². The zero-order valence-electron chi connectivity index (χ0n) is 12.5. The first-order valence-corrected chi connectivity index (χ1v) is 8.59. The summed E-state index contributed by atoms with van der Waals surface area (Å²) in [5, 5.41) is 20.0. The van der Waals surface area contributed by atoms with Crippen molar-refractivity contribution in [2.75, 3.05) is 12.0 Å². The van der Waals surface area contributed by atoms with Gasteiger partial charge in [0.25, 0.3) is 0 Å². The van der Waals surface area contributed by atoms with Crippen LogP contribution in [0.3, 0.4) is 0 Å². The maximum Gasteiger partial charge on any atom is 0.326 e. The Morgan fingerprint density at radius 2 is 1.57 bits per heavy atom. The molecule has 7 heteroatoms. The summed E-state index contributed by atoms with van der Waals surface area (Å²) in [5.74, 6) is -1.31. The van der Waals surface area contributed by atoms with Crippen molar-refractivity contribution in [2.24, 2.45) is 0 Å². The average molecular weight is 319 g/mol. The van der Waals surface area contributed by atoms with Crippen LogP contribution in [0.25, 0.3) is 0 Å². The zero-order valence-corrected chi connectivity index (χ0v) is 13.3. The molecule has 0 rings (SSSR count). The fourth-order valence-electron chi connectivity index (χ4n) is 1.85. The van der Waals surface area contributed by atoms with Crippen molar-refractivity contribution in [1.82, 2.24) is 5.32 Å². The number of carbonyl (C=O) groups is 3. The lowest BCUT2D eigenvalue weighted by molar-refractivity contribution is -0.142. The van der Waals surface area contributed by atoms with Crippen molar-refractivity contribution in [3.8, 4) is 0 Å². The second kappa shape index (κ2) is 12.5. The van der Waals surface area contributed by atoms with Crippen molar-refractivity contribution in [2.45, 2.75) is 57.4 Å². The van der Waals surface area contributed by atoms with Crippen molar-refractivity contribution >= 4 is 29.6 Å². The van der Waals surface area contributed by atoms with Crippen LogP contribution in [0.4, 0.5) is 0 Å². The van der Waals surface area contributed by atoms with E-state index in [0.29, 0.717) is 31.4 Å². The topological polar surface area (TPSA) is 104 Å². The molecule has 0 fully saturated rings. The fraction of sp³-hybridized carbons (Fsp3) is 0.786. The van der Waals surface area contributed by atoms with Gasteiger partial charge in [-0.25, -0.2) is 4.79 Å². The summed E-state index contributed by atoms with van der Waals surface area (Å²) in [6.07, 6.45) is 6.80. The normalized spacial score (nSPS) is 11.9. The average Bonchev–Trinajstić information content (AvgIpc) is 2.41. The Morgan fingerprint density at radius 1 is 1.00 bits per heavy atom. The van der Waals surface area contributed by atoms with Gasteiger partial charge >= 0.3 is 11.9 Å². The highest BCUT2D eigenvalue weighted by Gasteiger charge is 2.18. The minimum Gasteiger partial charge on any atom is -0.481 e. The molecular formula is C14H25NO5S. The molecule has 3 N–H and O–H groups in total. The predicted octanol–water partition coefficient (Wildman–Crippen LogP) is 2.12. The molecule has 0 aliphatic carbocycles. The lowest BCUT2D eigenvalue weighted by Crippen LogP contribution is -2.41. The Bertz CT molecular complexity index is 335. The van der Waals surface area contributed by atoms with Gasteiger partial charge in [0.2, 0.25) is 5.91 Å². The van der Waals surface area contributed by atoms with Crippen LogP contribution in [-0.4, -0.2) is 46.1 Å². The van der Waals surface area contributed by atoms with Crippen molar-refractivity contribution in [1.29, 1.82) is 0 Å². The number of rotatable bonds is 13. The highest BCUT2D eigenvalue weighted by atomic mass is 32.2. The Morgan fingerprint density at radius 3 is 2.10 bits per heavy atom. The van der Waals surface area contributed by atoms with Crippen molar-refractivity contribution < 1.29 is 24.6 Å². The molecule has 0 aromatic heterocycles. The summed E-state index contributed by atoms with van der Waals surface area (Å²) >= 11 is 1.55. The minimum absolute atomic E-state index is 0.191. The largest absolute Gasteiger partial charge is 0.481 e. The summed E-state index contributed by atoms with van der Waals surface area (Å²) in [6.45, 7) is 0. The maximum atomic E-state index is 11.6. The number of amides is 1. The molecule has 0 radical (unpaired) electrons. The van der Waals surface area contributed by atoms with E-state index in [9.17, 15) is 14.4 Å². The van der Waals surface area contributed by atoms with Gasteiger partial charge in [-0.05, 0) is 31.3 Å². The van der Waals surface area contributed by atoms with Crippen molar-refractivity contribution in [3.05, 3.63) is 0 Å². The monoisotopic (exact) mass is 319 g/mol. The Kier molecular flexibility index (Phi) is 11.8. The minimum atomic E-state index is -0.994. The van der Waals surface area contributed by atoms with Crippen LogP contribution < -0.4 is 5.32 Å². The third-order valence-corrected chi connectivity index (χ3v) is 3.68. The molecule has 0 saturated heterocycles. The van der Waals surface area contributed by atoms with Gasteiger partial charge in [0.1, 0.15) is 6.04 Å². The molecule has 0 aliphatic heterocycles. The third-order valence-electron chi connectivity index (χ3n) is 3.04. The van der Waals surface area contributed by atoms with Gasteiger partial charge in [-0.15, -0.1) is 0 Å². The second-order valence-electron chi connectivity index (χ2n) is 4.90. The lowest BCUT2D eigenvalue weighted by atomic mass is 10.1. The van der Waals surface area contributed by atoms with E-state index >= 15 is 0 Å². The highest BCUT2D eigenvalue weighted by molar-refractivity contribution is 7.98. The van der Waals surface area contributed by atoms with Gasteiger partial charge in [0.15, 0.2) is 0 Å². The molecule has 122 valence electrons. The van der Waals surface area contributed by atoms with Crippen molar-refractivity contribution in [3.63, 3.8) is 0 Å². The van der Waals surface area contributed by atoms with Gasteiger partial charge in [0.05, 0.1) is 0 Å². The fourth-order valence-corrected chi connectivity index (χ4v) is 2.32. The van der Waals surface area contributed by atoms with E-state index < -0.39 is 18.0 Å². The van der Waals surface area contributed by atoms with E-state index in [1.165, 1.54) is 0 Å². The van der Waals surface area contributed by atoms with E-state index in [1.807, 2.05) is 6.26 Å². The van der Waals surface area contributed by atoms with Crippen LogP contribution in [-0.2, 0) is 14.4 Å². The molecule has 0 bridgehead atoms. The number of hydrogen-bond donors (Lipinski definition) is 3. The number of hydrogen-bond acceptors (Lipinski definition) is 4. The highest BCUT2D eigenvalue weighted by Crippen LogP contribution is 2.08. The molecule has 0 heterocycles. The zero-order chi connectivity index (χ0) is 16.1. The molecule has 0 aromatic carbocycles. The quantitative estimate of drug-likeness (QED) is 0.449. The summed E-state index contributed by atoms with van der Waals surface area (Å²) in [4.78, 5) is 32.9. The van der Waals surface area contributed by atoms with E-state index in [-0.39, 0.29) is 12.3 Å². The molecule has 0 unspecified atom stereocenters. The molecule has 0 spiro atoms. The van der Waals surface area contributed by atoms with Crippen LogP contribution in [0.1, 0.15) is 51.4 Å². The number of carbonyl (C=O) groups excluding carboxylic acids is 1. The van der Waals surface area contributed by atoms with Gasteiger partial charge in [-0.1, -0.05) is 19.3 Å². The first kappa shape index (κ1) is 19.8. The maximum absolute atomic E-state index is 11.6. The number of thioether (sulfide) groups is 1. The first-order valence-electron chi connectivity index (χ1n) is 7.20. The number of unbranched alkanes of at least 4 members (excludes halogenated alkanes) is 4. The summed E-state index contributed by atoms with van der Waals surface area (Å²) < 4.78 is 0. The van der Waals surface area contributed by atoms with Crippen LogP contribution in [0.15, 0.2) is 0 Å². The van der Waals surface area contributed by atoms with Crippen LogP contribution in [0.5, 0.6) is 0 Å². The number of nitrogens with one attached hydrogen (secondary N) is 1. The predicted molar refractivity (Wildman–Crippen MR) is 82.5 cm³/mol. The van der Waals surface area contributed by atoms with Crippen LogP contribution in [0, 0.1) is 0 Å². The molecule has 1 amide bonds. The molecule has 0 saturated carbocycles. The molecule has 21 heavy (non-hydrogen) atoms. The molecule has 6 nitrogen and oxygen atoms in total. The Balaban J connectivity index is 3.68. The van der Waals surface area contributed by atoms with Gasteiger partial charge in [-0.3, -0.25) is 9.59 Å². The van der Waals surface area contributed by atoms with Crippen LogP contribution >= 0.6 is 11.8 Å². The SMILES string of the molecule is CSCC[C@H](NC(=O)CCCCCCCC(=O)O)C(=O)O. The van der Waals surface area contributed by atoms with Gasteiger partial charge in [0, 0.05) is 12.8 Å². The lowest BCUT2D eigenvalue weighted by Gasteiger charge is -2.13. The molecule has 1 atom stereocenters. The second-order valence-corrected chi connectivity index (χ2v) is 5.89. The van der Waals surface area contributed by atoms with Gasteiger partial charge < -0.3 is 15.5 Å². The summed E-state index contributed by atoms with van der Waals surface area (Å²) in [6, 6.07) is -0.805. The number of aliphatic carboxylic acids is 2. The number of carboxylic acid groups (broad SMARTS) is 2. The van der Waals surface area contributed by atoms with E-state index in [2.05, 4.69) is 5.32 Å². The first-order chi connectivity index (χ1) is 9.97. The Hall–Kier alpha value is -1.24. The molecular weight excluding hydrogens is 294 g/mol. The Labute approximate surface area is 129 Å². The summed E-state index contributed by atoms with van der Waals surface area (Å²) in [7, 11) is 0. The van der Waals surface area contributed by atoms with E-state index in [0.717, 1.165) is 19.3 Å². The van der Waals surface area contributed by atoms with Crippen LogP contribution in [0.2, 0.25) is 0 Å². The third kappa shape index (κ3) is 12.2. The standard InChI is InChI=1S/C14H25NO5S/c1-21-10-9-11(14(19)20)15-12(16)7-5-3-2-4-6-8-13(17)18/h11H,2-10H2,1H3,(H,15,16)(H,17,18)(H,19,20)/t11-/m0/s1. The smallest absolute Gasteiger partial charge is 0.326 e. The van der Waals surface area contributed by atoms with E-state index in [1.54, 1.807) is 11.8 Å².